The van der Waals surface area contributed by atoms with E-state index < -0.39 is 23.5 Å². The molecule has 1 aliphatic heterocycles. The largest absolute Gasteiger partial charge is 0.503 e. The molecule has 0 saturated carbocycles. The maximum Gasteiger partial charge on any atom is 0.294 e. The Bertz CT molecular complexity index is 1680. The fourth-order valence-electron chi connectivity index (χ4n) is 4.80. The number of aliphatic hydroxyl groups is 1. The number of benzene rings is 4. The number of rotatable bonds is 6. The Kier molecular flexibility index (Phi) is 5.77. The Morgan fingerprint density at radius 3 is 2.37 bits per heavy atom. The van der Waals surface area contributed by atoms with Crippen LogP contribution in [0.2, 0.25) is 0 Å². The Labute approximate surface area is 219 Å². The smallest absolute Gasteiger partial charge is 0.294 e. The van der Waals surface area contributed by atoms with Gasteiger partial charge in [0.2, 0.25) is 5.78 Å². The predicted octanol–water partition coefficient (Wildman–Crippen LogP) is 7.32. The number of para-hydroxylation sites is 2. The number of furan rings is 1. The maximum atomic E-state index is 13.9. The van der Waals surface area contributed by atoms with Crippen LogP contribution in [0.25, 0.3) is 11.0 Å². The number of carbonyl (C=O) groups is 2. The normalized spacial score (nSPS) is 15.3. The third-order valence-electron chi connectivity index (χ3n) is 6.53. The summed E-state index contributed by atoms with van der Waals surface area (Å²) in [7, 11) is 0. The molecule has 2 heterocycles. The molecule has 1 aliphatic rings. The molecule has 4 aromatic carbocycles. The van der Waals surface area contributed by atoms with Gasteiger partial charge in [-0.3, -0.25) is 14.5 Å². The van der Waals surface area contributed by atoms with Crippen LogP contribution in [-0.4, -0.2) is 16.8 Å². The van der Waals surface area contributed by atoms with Crippen molar-refractivity contribution < 1.29 is 23.8 Å². The summed E-state index contributed by atoms with van der Waals surface area (Å²) in [5.74, 6) is -0.576. The van der Waals surface area contributed by atoms with E-state index in [9.17, 15) is 14.7 Å². The van der Waals surface area contributed by atoms with Gasteiger partial charge in [0.05, 0.1) is 11.6 Å². The molecule has 5 aromatic rings. The molecule has 0 spiro atoms. The molecule has 0 radical (unpaired) electrons. The quantitative estimate of drug-likeness (QED) is 0.247. The highest BCUT2D eigenvalue weighted by molar-refractivity contribution is 6.20. The van der Waals surface area contributed by atoms with Gasteiger partial charge < -0.3 is 14.3 Å². The molecule has 1 amide bonds. The highest BCUT2D eigenvalue weighted by Gasteiger charge is 2.45. The number of aryl methyl sites for hydroxylation is 1. The van der Waals surface area contributed by atoms with Crippen molar-refractivity contribution in [1.29, 1.82) is 0 Å². The highest BCUT2D eigenvalue weighted by atomic mass is 16.5. The first-order chi connectivity index (χ1) is 18.5. The second-order valence-corrected chi connectivity index (χ2v) is 9.14. The third-order valence-corrected chi connectivity index (χ3v) is 6.53. The maximum absolute atomic E-state index is 13.9. The number of ketones is 1. The molecule has 1 unspecified atom stereocenters. The summed E-state index contributed by atoms with van der Waals surface area (Å²) in [4.78, 5) is 28.8. The summed E-state index contributed by atoms with van der Waals surface area (Å²) in [6.07, 6.45) is 0. The van der Waals surface area contributed by atoms with Crippen molar-refractivity contribution in [3.63, 3.8) is 0 Å². The molecule has 0 bridgehead atoms. The molecular formula is C32H23NO5. The summed E-state index contributed by atoms with van der Waals surface area (Å²) in [5.41, 5.74) is 2.61. The highest BCUT2D eigenvalue weighted by Crippen LogP contribution is 2.43. The number of Topliss-reactive ketones (excluding diaryl/α,β-unsaturated/α-hetero) is 1. The van der Waals surface area contributed by atoms with E-state index in [4.69, 9.17) is 9.15 Å². The molecular weight excluding hydrogens is 478 g/mol. The van der Waals surface area contributed by atoms with Crippen molar-refractivity contribution in [3.8, 4) is 11.5 Å². The monoisotopic (exact) mass is 501 g/mol. The molecule has 6 rings (SSSR count). The van der Waals surface area contributed by atoms with Crippen LogP contribution in [0, 0.1) is 6.92 Å². The van der Waals surface area contributed by atoms with Gasteiger partial charge in [-0.05, 0) is 66.6 Å². The first-order valence-electron chi connectivity index (χ1n) is 12.2. The van der Waals surface area contributed by atoms with Crippen LogP contribution < -0.4 is 9.64 Å². The SMILES string of the molecule is Cc1cccc(N2C(=O)C(O)=C(C(=O)c3cc4ccccc4o3)C2c2cccc(Oc3ccccc3)c2)c1. The lowest BCUT2D eigenvalue weighted by Crippen LogP contribution is -2.31. The Hall–Kier alpha value is -5.10. The molecule has 1 atom stereocenters. The van der Waals surface area contributed by atoms with Crippen molar-refractivity contribution >= 4 is 28.3 Å². The second-order valence-electron chi connectivity index (χ2n) is 9.14. The number of fused-ring (bicyclic) bond motifs is 1. The van der Waals surface area contributed by atoms with Crippen LogP contribution in [0.15, 0.2) is 125 Å². The summed E-state index contributed by atoms with van der Waals surface area (Å²) >= 11 is 0. The molecule has 6 nitrogen and oxygen atoms in total. The minimum Gasteiger partial charge on any atom is -0.503 e. The fourth-order valence-corrected chi connectivity index (χ4v) is 4.80. The lowest BCUT2D eigenvalue weighted by atomic mass is 9.94. The molecule has 0 aliphatic carbocycles. The molecule has 186 valence electrons. The van der Waals surface area contributed by atoms with E-state index >= 15 is 0 Å². The summed E-state index contributed by atoms with van der Waals surface area (Å²) < 4.78 is 11.9. The zero-order valence-corrected chi connectivity index (χ0v) is 20.5. The first kappa shape index (κ1) is 23.3. The minimum absolute atomic E-state index is 0.0487. The number of carbonyl (C=O) groups excluding carboxylic acids is 2. The van der Waals surface area contributed by atoms with Crippen LogP contribution in [0.5, 0.6) is 11.5 Å². The molecule has 0 saturated heterocycles. The number of anilines is 1. The van der Waals surface area contributed by atoms with Crippen molar-refractivity contribution in [1.82, 2.24) is 0 Å². The van der Waals surface area contributed by atoms with Crippen LogP contribution in [0.3, 0.4) is 0 Å². The molecule has 1 N–H and O–H groups in total. The van der Waals surface area contributed by atoms with E-state index in [-0.39, 0.29) is 11.3 Å². The average molecular weight is 502 g/mol. The lowest BCUT2D eigenvalue weighted by molar-refractivity contribution is -0.117. The first-order valence-corrected chi connectivity index (χ1v) is 12.2. The predicted molar refractivity (Wildman–Crippen MR) is 145 cm³/mol. The van der Waals surface area contributed by atoms with Gasteiger partial charge in [-0.15, -0.1) is 0 Å². The number of hydrogen-bond donors (Lipinski definition) is 1. The van der Waals surface area contributed by atoms with Gasteiger partial charge in [-0.25, -0.2) is 0 Å². The number of ether oxygens (including phenoxy) is 1. The molecule has 1 aromatic heterocycles. The fraction of sp³-hybridized carbons (Fsp3) is 0.0625. The topological polar surface area (TPSA) is 80.0 Å². The van der Waals surface area contributed by atoms with Crippen LogP contribution >= 0.6 is 0 Å². The van der Waals surface area contributed by atoms with E-state index in [1.165, 1.54) is 4.90 Å². The van der Waals surface area contributed by atoms with E-state index in [2.05, 4.69) is 0 Å². The van der Waals surface area contributed by atoms with Crippen molar-refractivity contribution in [3.05, 3.63) is 137 Å². The van der Waals surface area contributed by atoms with Crippen molar-refractivity contribution in [2.75, 3.05) is 4.90 Å². The lowest BCUT2D eigenvalue weighted by Gasteiger charge is -2.27. The van der Waals surface area contributed by atoms with Gasteiger partial charge >= 0.3 is 0 Å². The van der Waals surface area contributed by atoms with E-state index in [1.807, 2.05) is 79.7 Å². The second kappa shape index (κ2) is 9.41. The van der Waals surface area contributed by atoms with Gasteiger partial charge in [-0.2, -0.15) is 0 Å². The van der Waals surface area contributed by atoms with Crippen LogP contribution in [0.1, 0.15) is 27.7 Å². The van der Waals surface area contributed by atoms with Gasteiger partial charge in [-0.1, -0.05) is 60.7 Å². The van der Waals surface area contributed by atoms with Gasteiger partial charge in [0.15, 0.2) is 11.5 Å². The number of aliphatic hydroxyl groups excluding tert-OH is 1. The molecule has 6 heteroatoms. The summed E-state index contributed by atoms with van der Waals surface area (Å²) in [6, 6.07) is 31.9. The minimum atomic E-state index is -0.899. The van der Waals surface area contributed by atoms with Crippen molar-refractivity contribution in [2.45, 2.75) is 13.0 Å². The molecule has 38 heavy (non-hydrogen) atoms. The summed E-state index contributed by atoms with van der Waals surface area (Å²) in [5, 5.41) is 11.9. The van der Waals surface area contributed by atoms with Crippen LogP contribution in [0.4, 0.5) is 5.69 Å². The Morgan fingerprint density at radius 2 is 1.58 bits per heavy atom. The number of amides is 1. The zero-order chi connectivity index (χ0) is 26.2. The third kappa shape index (κ3) is 4.12. The van der Waals surface area contributed by atoms with E-state index in [1.54, 1.807) is 36.4 Å². The van der Waals surface area contributed by atoms with Crippen LogP contribution in [-0.2, 0) is 4.79 Å². The zero-order valence-electron chi connectivity index (χ0n) is 20.5. The summed E-state index contributed by atoms with van der Waals surface area (Å²) in [6.45, 7) is 1.92. The molecule has 0 fully saturated rings. The number of nitrogens with zero attached hydrogens (tertiary/aromatic N) is 1. The standard InChI is InChI=1S/C32H23NO5/c1-20-9-7-12-23(17-20)33-29(22-11-8-15-25(18-22)37-24-13-3-2-4-14-24)28(31(35)32(33)36)30(34)27-19-21-10-5-6-16-26(21)38-27/h2-19,29,35H,1H3. The Morgan fingerprint density at radius 1 is 0.842 bits per heavy atom. The van der Waals surface area contributed by atoms with E-state index in [0.29, 0.717) is 28.3 Å². The van der Waals surface area contributed by atoms with Gasteiger partial charge in [0.1, 0.15) is 17.1 Å². The average Bonchev–Trinajstić information content (AvgIpc) is 3.48. The van der Waals surface area contributed by atoms with Crippen molar-refractivity contribution in [2.24, 2.45) is 0 Å². The number of hydrogen-bond acceptors (Lipinski definition) is 5. The van der Waals surface area contributed by atoms with E-state index in [0.717, 1.165) is 10.9 Å². The van der Waals surface area contributed by atoms with Gasteiger partial charge in [0, 0.05) is 11.1 Å². The Balaban J connectivity index is 1.47. The van der Waals surface area contributed by atoms with Gasteiger partial charge in [0.25, 0.3) is 5.91 Å².